The third kappa shape index (κ3) is 2.75. The third-order valence-corrected chi connectivity index (χ3v) is 1.63. The predicted octanol–water partition coefficient (Wildman–Crippen LogP) is 1.68. The highest BCUT2D eigenvalue weighted by Gasteiger charge is 2.01. The van der Waals surface area contributed by atoms with Gasteiger partial charge in [0, 0.05) is 6.20 Å². The molecule has 0 aliphatic heterocycles. The Labute approximate surface area is 87.1 Å². The lowest BCUT2D eigenvalue weighted by atomic mass is 10.2. The van der Waals surface area contributed by atoms with E-state index in [0.29, 0.717) is 16.5 Å². The van der Waals surface area contributed by atoms with Crippen molar-refractivity contribution in [3.8, 4) is 17.7 Å². The number of ether oxygens (including phenoxy) is 1. The van der Waals surface area contributed by atoms with Gasteiger partial charge in [-0.3, -0.25) is 0 Å². The number of nitrogens with zero attached hydrogens (tertiary/aromatic N) is 1. The quantitative estimate of drug-likeness (QED) is 0.550. The molecular formula is C10H8ClNO2. The lowest BCUT2D eigenvalue weighted by molar-refractivity contribution is -0.107. The molecule has 0 aliphatic carbocycles. The molecule has 0 saturated heterocycles. The first kappa shape index (κ1) is 10.6. The van der Waals surface area contributed by atoms with Gasteiger partial charge in [-0.05, 0) is 6.07 Å². The second kappa shape index (κ2) is 5.25. The molecule has 0 aromatic carbocycles. The fourth-order valence-electron chi connectivity index (χ4n) is 0.867. The van der Waals surface area contributed by atoms with Gasteiger partial charge in [0.2, 0.25) is 5.88 Å². The molecule has 1 aromatic rings. The number of carbonyl (C=O) groups is 1. The molecule has 0 bridgehead atoms. The highest BCUT2D eigenvalue weighted by atomic mass is 35.5. The van der Waals surface area contributed by atoms with Gasteiger partial charge < -0.3 is 9.53 Å². The van der Waals surface area contributed by atoms with E-state index in [-0.39, 0.29) is 6.42 Å². The lowest BCUT2D eigenvalue weighted by Gasteiger charge is -2.00. The lowest BCUT2D eigenvalue weighted by Crippen LogP contribution is -1.91. The molecule has 0 amide bonds. The maximum Gasteiger partial charge on any atom is 0.229 e. The summed E-state index contributed by atoms with van der Waals surface area (Å²) in [5, 5.41) is 0.487. The molecule has 0 radical (unpaired) electrons. The molecule has 4 heteroatoms. The van der Waals surface area contributed by atoms with Crippen LogP contribution in [0.5, 0.6) is 5.88 Å². The molecule has 0 atom stereocenters. The minimum atomic E-state index is 0.190. The molecule has 1 aromatic heterocycles. The normalized spacial score (nSPS) is 8.71. The maximum atomic E-state index is 10.0. The SMILES string of the molecule is COc1ncc(Cl)cc1C#CCC=O. The summed E-state index contributed by atoms with van der Waals surface area (Å²) in [5.41, 5.74) is 0.585. The van der Waals surface area contributed by atoms with E-state index in [1.54, 1.807) is 6.07 Å². The summed E-state index contributed by atoms with van der Waals surface area (Å²) in [5.74, 6) is 5.82. The summed E-state index contributed by atoms with van der Waals surface area (Å²) in [6, 6.07) is 1.64. The van der Waals surface area contributed by atoms with Crippen LogP contribution in [0, 0.1) is 11.8 Å². The van der Waals surface area contributed by atoms with Crippen LogP contribution in [-0.4, -0.2) is 18.4 Å². The number of rotatable bonds is 2. The van der Waals surface area contributed by atoms with Gasteiger partial charge in [-0.2, -0.15) is 0 Å². The van der Waals surface area contributed by atoms with E-state index in [1.807, 2.05) is 0 Å². The predicted molar refractivity (Wildman–Crippen MR) is 53.4 cm³/mol. The second-order valence-corrected chi connectivity index (χ2v) is 2.82. The zero-order chi connectivity index (χ0) is 10.4. The van der Waals surface area contributed by atoms with E-state index >= 15 is 0 Å². The number of hydrogen-bond acceptors (Lipinski definition) is 3. The molecule has 3 nitrogen and oxygen atoms in total. The number of halogens is 1. The van der Waals surface area contributed by atoms with Gasteiger partial charge in [-0.15, -0.1) is 0 Å². The van der Waals surface area contributed by atoms with Gasteiger partial charge in [0.05, 0.1) is 24.1 Å². The first-order valence-electron chi connectivity index (χ1n) is 3.90. The van der Waals surface area contributed by atoms with Gasteiger partial charge in [-0.25, -0.2) is 4.98 Å². The number of carbonyl (C=O) groups excluding carboxylic acids is 1. The molecule has 0 spiro atoms. The molecule has 0 saturated carbocycles. The Balaban J connectivity index is 3.00. The summed E-state index contributed by atoms with van der Waals surface area (Å²) in [4.78, 5) is 14.0. The number of methoxy groups -OCH3 is 1. The average Bonchev–Trinajstić information content (AvgIpc) is 2.19. The van der Waals surface area contributed by atoms with Crippen molar-refractivity contribution < 1.29 is 9.53 Å². The Morgan fingerprint density at radius 2 is 2.50 bits per heavy atom. The van der Waals surface area contributed by atoms with E-state index in [9.17, 15) is 4.79 Å². The van der Waals surface area contributed by atoms with Crippen molar-refractivity contribution in [2.45, 2.75) is 6.42 Å². The summed E-state index contributed by atoms with van der Waals surface area (Å²) < 4.78 is 4.97. The van der Waals surface area contributed by atoms with Crippen LogP contribution >= 0.6 is 11.6 Å². The van der Waals surface area contributed by atoms with E-state index < -0.39 is 0 Å². The summed E-state index contributed by atoms with van der Waals surface area (Å²) in [6.45, 7) is 0. The molecule has 0 N–H and O–H groups in total. The first-order chi connectivity index (χ1) is 6.77. The molecule has 14 heavy (non-hydrogen) atoms. The van der Waals surface area contributed by atoms with E-state index in [1.165, 1.54) is 13.3 Å². The fourth-order valence-corrected chi connectivity index (χ4v) is 1.02. The minimum Gasteiger partial charge on any atom is -0.480 e. The van der Waals surface area contributed by atoms with Crippen molar-refractivity contribution in [3.05, 3.63) is 22.8 Å². The molecule has 1 heterocycles. The Bertz CT molecular complexity index is 393. The number of pyridine rings is 1. The number of aromatic nitrogens is 1. The van der Waals surface area contributed by atoms with Crippen LogP contribution in [-0.2, 0) is 4.79 Å². The van der Waals surface area contributed by atoms with Crippen LogP contribution < -0.4 is 4.74 Å². The van der Waals surface area contributed by atoms with Crippen LogP contribution in [0.15, 0.2) is 12.3 Å². The molecular weight excluding hydrogens is 202 g/mol. The summed E-state index contributed by atoms with van der Waals surface area (Å²) >= 11 is 5.73. The van der Waals surface area contributed by atoms with Crippen LogP contribution in [0.2, 0.25) is 5.02 Å². The minimum absolute atomic E-state index is 0.190. The summed E-state index contributed by atoms with van der Waals surface area (Å²) in [6.07, 6.45) is 2.40. The number of aldehydes is 1. The van der Waals surface area contributed by atoms with Gasteiger partial charge in [0.25, 0.3) is 0 Å². The molecule has 1 rings (SSSR count). The Kier molecular flexibility index (Phi) is 3.96. The van der Waals surface area contributed by atoms with Gasteiger partial charge in [-0.1, -0.05) is 23.4 Å². The standard InChI is InChI=1S/C10H8ClNO2/c1-14-10-8(4-2-3-5-13)6-9(11)7-12-10/h5-7H,3H2,1H3. The highest BCUT2D eigenvalue weighted by Crippen LogP contribution is 2.17. The first-order valence-corrected chi connectivity index (χ1v) is 4.27. The van der Waals surface area contributed by atoms with Crippen LogP contribution in [0.25, 0.3) is 0 Å². The second-order valence-electron chi connectivity index (χ2n) is 2.38. The van der Waals surface area contributed by atoms with Gasteiger partial charge in [0.1, 0.15) is 6.29 Å². The van der Waals surface area contributed by atoms with Crippen molar-refractivity contribution in [3.63, 3.8) is 0 Å². The van der Waals surface area contributed by atoms with Gasteiger partial charge >= 0.3 is 0 Å². The smallest absolute Gasteiger partial charge is 0.229 e. The Morgan fingerprint density at radius 1 is 1.71 bits per heavy atom. The van der Waals surface area contributed by atoms with E-state index in [2.05, 4.69) is 16.8 Å². The largest absolute Gasteiger partial charge is 0.480 e. The number of hydrogen-bond donors (Lipinski definition) is 0. The highest BCUT2D eigenvalue weighted by molar-refractivity contribution is 6.30. The van der Waals surface area contributed by atoms with E-state index in [0.717, 1.165) is 6.29 Å². The van der Waals surface area contributed by atoms with Crippen LogP contribution in [0.4, 0.5) is 0 Å². The molecule has 72 valence electrons. The zero-order valence-corrected chi connectivity index (χ0v) is 8.34. The molecule has 0 aliphatic rings. The van der Waals surface area contributed by atoms with Crippen LogP contribution in [0.1, 0.15) is 12.0 Å². The molecule has 0 unspecified atom stereocenters. The van der Waals surface area contributed by atoms with Crippen molar-refractivity contribution in [2.75, 3.05) is 7.11 Å². The summed E-state index contributed by atoms with van der Waals surface area (Å²) in [7, 11) is 1.50. The van der Waals surface area contributed by atoms with Crippen LogP contribution in [0.3, 0.4) is 0 Å². The monoisotopic (exact) mass is 209 g/mol. The zero-order valence-electron chi connectivity index (χ0n) is 7.58. The van der Waals surface area contributed by atoms with Crippen molar-refractivity contribution in [1.29, 1.82) is 0 Å². The third-order valence-electron chi connectivity index (χ3n) is 1.42. The topological polar surface area (TPSA) is 39.2 Å². The van der Waals surface area contributed by atoms with Crippen molar-refractivity contribution in [1.82, 2.24) is 4.98 Å². The molecule has 0 fully saturated rings. The van der Waals surface area contributed by atoms with Crippen molar-refractivity contribution in [2.24, 2.45) is 0 Å². The van der Waals surface area contributed by atoms with E-state index in [4.69, 9.17) is 16.3 Å². The Morgan fingerprint density at radius 3 is 3.14 bits per heavy atom. The fraction of sp³-hybridized carbons (Fsp3) is 0.200. The Hall–Kier alpha value is -1.53. The average molecular weight is 210 g/mol. The van der Waals surface area contributed by atoms with Gasteiger partial charge in [0.15, 0.2) is 0 Å². The maximum absolute atomic E-state index is 10.0. The van der Waals surface area contributed by atoms with Crippen molar-refractivity contribution >= 4 is 17.9 Å².